The highest BCUT2D eigenvalue weighted by Gasteiger charge is 2.65. The highest BCUT2D eigenvalue weighted by Crippen LogP contribution is 2.62. The minimum absolute atomic E-state index is 0.109. The van der Waals surface area contributed by atoms with Crippen molar-refractivity contribution in [3.05, 3.63) is 77.9 Å². The van der Waals surface area contributed by atoms with E-state index in [4.69, 9.17) is 24.2 Å². The van der Waals surface area contributed by atoms with E-state index >= 15 is 0 Å². The summed E-state index contributed by atoms with van der Waals surface area (Å²) >= 11 is 0. The van der Waals surface area contributed by atoms with E-state index in [0.29, 0.717) is 61.0 Å². The second kappa shape index (κ2) is 19.9. The smallest absolute Gasteiger partial charge is 0.239 e. The van der Waals surface area contributed by atoms with Crippen LogP contribution in [-0.2, 0) is 14.4 Å². The standard InChI is InChI=1S/C46H62N2O8/c1-4-23-48(43(52)22-19-32-13-6-7-14-32)42-30-40(47-53-3)38-28-34(16-8-10-24-49)37(18-9-11-25-50)44-39-29-36(55-35-17-12-15-33(27-35)31-51)20-21-41(39)56-46(42,45(38)44)54-26-5-2/h5,12,15,17,20-21,27-29,31-32,34,37,42,44-45,49-50H,2,4,6-11,13-14,16,18-19,22-26,30H2,1,3H3. The van der Waals surface area contributed by atoms with Gasteiger partial charge in [0.1, 0.15) is 36.7 Å². The first-order valence-electron chi connectivity index (χ1n) is 21.0. The van der Waals surface area contributed by atoms with Crippen molar-refractivity contribution in [1.29, 1.82) is 0 Å². The molecule has 6 unspecified atom stereocenters. The van der Waals surface area contributed by atoms with Gasteiger partial charge in [0.2, 0.25) is 11.7 Å². The molecule has 4 aliphatic rings. The summed E-state index contributed by atoms with van der Waals surface area (Å²) in [5.41, 5.74) is 3.31. The molecule has 3 aliphatic carbocycles. The zero-order chi connectivity index (χ0) is 39.5. The number of amides is 1. The quantitative estimate of drug-likeness (QED) is 0.0559. The van der Waals surface area contributed by atoms with Crippen LogP contribution in [0.15, 0.2) is 71.9 Å². The monoisotopic (exact) mass is 770 g/mol. The Morgan fingerprint density at radius 1 is 1.04 bits per heavy atom. The van der Waals surface area contributed by atoms with Crippen molar-refractivity contribution in [2.45, 2.75) is 115 Å². The first-order chi connectivity index (χ1) is 27.4. The lowest BCUT2D eigenvalue weighted by Crippen LogP contribution is -2.70. The van der Waals surface area contributed by atoms with Crippen molar-refractivity contribution >= 4 is 17.9 Å². The van der Waals surface area contributed by atoms with Crippen LogP contribution in [0.25, 0.3) is 0 Å². The number of aliphatic hydroxyl groups excluding tert-OH is 2. The van der Waals surface area contributed by atoms with Gasteiger partial charge in [0, 0.05) is 49.6 Å². The molecule has 10 nitrogen and oxygen atoms in total. The van der Waals surface area contributed by atoms with Crippen LogP contribution < -0.4 is 9.47 Å². The molecule has 2 N–H and O–H groups in total. The lowest BCUT2D eigenvalue weighted by Gasteiger charge is -2.60. The molecule has 6 atom stereocenters. The summed E-state index contributed by atoms with van der Waals surface area (Å²) in [6, 6.07) is 12.5. The minimum atomic E-state index is -1.27. The molecule has 2 fully saturated rings. The van der Waals surface area contributed by atoms with Crippen molar-refractivity contribution in [2.75, 3.05) is 33.5 Å². The number of benzene rings is 2. The van der Waals surface area contributed by atoms with Gasteiger partial charge >= 0.3 is 0 Å². The van der Waals surface area contributed by atoms with E-state index in [1.54, 1.807) is 31.4 Å². The van der Waals surface area contributed by atoms with E-state index in [-0.39, 0.29) is 49.4 Å². The van der Waals surface area contributed by atoms with E-state index in [1.165, 1.54) is 25.7 Å². The number of aliphatic hydroxyl groups is 2. The van der Waals surface area contributed by atoms with Crippen molar-refractivity contribution in [3.8, 4) is 17.2 Å². The molecular formula is C46H62N2O8. The number of hydrogen-bond acceptors (Lipinski definition) is 9. The second-order valence-corrected chi connectivity index (χ2v) is 16.0. The molecule has 1 amide bonds. The van der Waals surface area contributed by atoms with Gasteiger partial charge in [0.15, 0.2) is 0 Å². The van der Waals surface area contributed by atoms with Crippen molar-refractivity contribution in [1.82, 2.24) is 4.90 Å². The largest absolute Gasteiger partial charge is 0.459 e. The maximum Gasteiger partial charge on any atom is 0.239 e. The molecule has 10 heteroatoms. The van der Waals surface area contributed by atoms with E-state index in [0.717, 1.165) is 61.7 Å². The molecular weight excluding hydrogens is 709 g/mol. The maximum absolute atomic E-state index is 14.6. The molecule has 0 spiro atoms. The molecule has 0 aromatic heterocycles. The van der Waals surface area contributed by atoms with Crippen LogP contribution in [0.3, 0.4) is 0 Å². The number of hydrogen-bond donors (Lipinski definition) is 2. The van der Waals surface area contributed by atoms with Gasteiger partial charge in [-0.1, -0.05) is 74.9 Å². The molecule has 0 radical (unpaired) electrons. The Kier molecular flexibility index (Phi) is 14.8. The molecule has 304 valence electrons. The number of ether oxygens (including phenoxy) is 3. The number of carbonyl (C=O) groups is 2. The third-order valence-corrected chi connectivity index (χ3v) is 12.5. The zero-order valence-corrected chi connectivity index (χ0v) is 33.4. The first-order valence-corrected chi connectivity index (χ1v) is 21.0. The highest BCUT2D eigenvalue weighted by atomic mass is 16.7. The summed E-state index contributed by atoms with van der Waals surface area (Å²) in [6.45, 7) is 7.16. The molecule has 1 heterocycles. The number of fused-ring (bicyclic) bond motifs is 2. The van der Waals surface area contributed by atoms with Gasteiger partial charge in [-0.3, -0.25) is 9.59 Å². The predicted molar refractivity (Wildman–Crippen MR) is 217 cm³/mol. The maximum atomic E-state index is 14.6. The topological polar surface area (TPSA) is 127 Å². The molecule has 1 aliphatic heterocycles. The van der Waals surface area contributed by atoms with Gasteiger partial charge in [-0.2, -0.15) is 0 Å². The number of aldehydes is 1. The fourth-order valence-electron chi connectivity index (χ4n) is 10.1. The van der Waals surface area contributed by atoms with Gasteiger partial charge < -0.3 is 34.2 Å². The van der Waals surface area contributed by atoms with Crippen molar-refractivity contribution in [2.24, 2.45) is 28.8 Å². The zero-order valence-electron chi connectivity index (χ0n) is 33.4. The molecule has 56 heavy (non-hydrogen) atoms. The molecule has 0 saturated heterocycles. The van der Waals surface area contributed by atoms with Crippen LogP contribution in [0.4, 0.5) is 0 Å². The highest BCUT2D eigenvalue weighted by molar-refractivity contribution is 6.03. The molecule has 0 bridgehead atoms. The van der Waals surface area contributed by atoms with E-state index in [2.05, 4.69) is 25.6 Å². The third-order valence-electron chi connectivity index (χ3n) is 12.5. The average Bonchev–Trinajstić information content (AvgIpc) is 3.74. The fourth-order valence-corrected chi connectivity index (χ4v) is 10.1. The van der Waals surface area contributed by atoms with Gasteiger partial charge in [-0.25, -0.2) is 0 Å². The average molecular weight is 771 g/mol. The lowest BCUT2D eigenvalue weighted by molar-refractivity contribution is -0.257. The van der Waals surface area contributed by atoms with E-state index < -0.39 is 11.8 Å². The van der Waals surface area contributed by atoms with Gasteiger partial charge in [-0.05, 0) is 92.2 Å². The molecule has 6 rings (SSSR count). The van der Waals surface area contributed by atoms with Crippen LogP contribution >= 0.6 is 0 Å². The van der Waals surface area contributed by atoms with Crippen molar-refractivity contribution < 1.29 is 38.9 Å². The summed E-state index contributed by atoms with van der Waals surface area (Å²) < 4.78 is 20.8. The Balaban J connectivity index is 1.53. The van der Waals surface area contributed by atoms with E-state index in [1.807, 2.05) is 23.1 Å². The number of oxime groups is 1. The third kappa shape index (κ3) is 9.08. The minimum Gasteiger partial charge on any atom is -0.459 e. The van der Waals surface area contributed by atoms with Crippen LogP contribution in [0.1, 0.15) is 119 Å². The number of unbranched alkanes of at least 4 members (excludes halogenated alkanes) is 2. The van der Waals surface area contributed by atoms with Crippen LogP contribution in [-0.4, -0.2) is 78.3 Å². The Morgan fingerprint density at radius 2 is 1.80 bits per heavy atom. The van der Waals surface area contributed by atoms with Crippen molar-refractivity contribution in [3.63, 3.8) is 0 Å². The number of rotatable bonds is 21. The number of nitrogens with zero attached hydrogens (tertiary/aromatic N) is 2. The SMILES string of the molecule is C=CCOC12Oc3ccc(Oc4cccc(C=O)c4)cc3C3C(CCCCO)C(CCCCO)C=C(C(=NOC)CC1N(CCC)C(=O)CCC1CCCC1)C32. The Morgan fingerprint density at radius 3 is 2.52 bits per heavy atom. The van der Waals surface area contributed by atoms with Crippen LogP contribution in [0, 0.1) is 23.7 Å². The molecule has 2 aromatic carbocycles. The van der Waals surface area contributed by atoms with Gasteiger partial charge in [-0.15, -0.1) is 6.58 Å². The molecule has 2 saturated carbocycles. The van der Waals surface area contributed by atoms with Gasteiger partial charge in [0.05, 0.1) is 18.2 Å². The summed E-state index contributed by atoms with van der Waals surface area (Å²) in [5.74, 6) is 1.000. The van der Waals surface area contributed by atoms with Crippen LogP contribution in [0.2, 0.25) is 0 Å². The number of allylic oxidation sites excluding steroid dienone is 1. The van der Waals surface area contributed by atoms with E-state index in [9.17, 15) is 19.8 Å². The Labute approximate surface area is 332 Å². The summed E-state index contributed by atoms with van der Waals surface area (Å²) in [7, 11) is 1.57. The summed E-state index contributed by atoms with van der Waals surface area (Å²) in [5, 5.41) is 24.4. The lowest BCUT2D eigenvalue weighted by atomic mass is 9.55. The fraction of sp³-hybridized carbons (Fsp3) is 0.587. The van der Waals surface area contributed by atoms with Crippen LogP contribution in [0.5, 0.6) is 17.2 Å². The predicted octanol–water partition coefficient (Wildman–Crippen LogP) is 8.76. The summed E-state index contributed by atoms with van der Waals surface area (Å²) in [4.78, 5) is 33.8. The Hall–Kier alpha value is -3.99. The first kappa shape index (κ1) is 41.6. The summed E-state index contributed by atoms with van der Waals surface area (Å²) in [6.07, 6.45) is 17.1. The van der Waals surface area contributed by atoms with Gasteiger partial charge in [0.25, 0.3) is 0 Å². The number of carbonyl (C=O) groups excluding carboxylic acids is 2. The normalized spacial score (nSPS) is 26.1. The Bertz CT molecular complexity index is 1700. The molecule has 2 aromatic rings. The second-order valence-electron chi connectivity index (χ2n) is 16.0.